The van der Waals surface area contributed by atoms with Crippen LogP contribution in [0.3, 0.4) is 0 Å². The lowest BCUT2D eigenvalue weighted by molar-refractivity contribution is 0.0827. The Hall–Kier alpha value is -1.66. The van der Waals surface area contributed by atoms with Gasteiger partial charge in [0.25, 0.3) is 5.91 Å². The van der Waals surface area contributed by atoms with E-state index in [1.54, 1.807) is 25.2 Å². The van der Waals surface area contributed by atoms with Gasteiger partial charge < -0.3 is 15.1 Å². The molecule has 0 spiro atoms. The highest BCUT2D eigenvalue weighted by Crippen LogP contribution is 2.16. The highest BCUT2D eigenvalue weighted by molar-refractivity contribution is 5.93. The van der Waals surface area contributed by atoms with E-state index in [-0.39, 0.29) is 5.91 Å². The summed E-state index contributed by atoms with van der Waals surface area (Å²) in [6.07, 6.45) is 1.68. The van der Waals surface area contributed by atoms with Crippen LogP contribution in [0.2, 0.25) is 0 Å². The highest BCUT2D eigenvalue weighted by atomic mass is 16.2. The van der Waals surface area contributed by atoms with Crippen molar-refractivity contribution in [3.8, 4) is 0 Å². The molecule has 3 rings (SSSR count). The first kappa shape index (κ1) is 14.3. The molecule has 2 aliphatic heterocycles. The lowest BCUT2D eigenvalue weighted by atomic mass is 10.1. The van der Waals surface area contributed by atoms with Crippen molar-refractivity contribution < 1.29 is 4.79 Å². The fourth-order valence-corrected chi connectivity index (χ4v) is 2.81. The number of piperazine rings is 1. The number of carbonyl (C=O) groups excluding carboxylic acids is 1. The van der Waals surface area contributed by atoms with Crippen molar-refractivity contribution >= 4 is 11.7 Å². The minimum Gasteiger partial charge on any atom is -0.354 e. The molecule has 1 N–H and O–H groups in total. The van der Waals surface area contributed by atoms with Gasteiger partial charge in [0.05, 0.1) is 5.56 Å². The number of carbonyl (C=O) groups is 1. The Bertz CT molecular complexity index is 489. The van der Waals surface area contributed by atoms with Crippen molar-refractivity contribution in [2.24, 2.45) is 0 Å². The van der Waals surface area contributed by atoms with Gasteiger partial charge in [-0.05, 0) is 12.1 Å². The number of nitrogens with one attached hydrogen (secondary N) is 1. The zero-order valence-electron chi connectivity index (χ0n) is 12.7. The summed E-state index contributed by atoms with van der Waals surface area (Å²) in [4.78, 5) is 22.7. The van der Waals surface area contributed by atoms with E-state index >= 15 is 0 Å². The molecular weight excluding hydrogens is 266 g/mol. The van der Waals surface area contributed by atoms with Crippen molar-refractivity contribution in [1.29, 1.82) is 0 Å². The third-order valence-electron chi connectivity index (χ3n) is 4.32. The summed E-state index contributed by atoms with van der Waals surface area (Å²) >= 11 is 0. The van der Waals surface area contributed by atoms with Crippen molar-refractivity contribution in [3.63, 3.8) is 0 Å². The summed E-state index contributed by atoms with van der Waals surface area (Å²) in [5, 5.41) is 3.32. The van der Waals surface area contributed by atoms with Crippen LogP contribution in [0.5, 0.6) is 0 Å². The zero-order chi connectivity index (χ0) is 14.8. The number of aromatic nitrogens is 1. The highest BCUT2D eigenvalue weighted by Gasteiger charge is 2.28. The molecule has 2 fully saturated rings. The second-order valence-electron chi connectivity index (χ2n) is 5.94. The number of hydrogen-bond donors (Lipinski definition) is 1. The minimum atomic E-state index is -0.00338. The molecule has 0 aliphatic carbocycles. The molecule has 0 radical (unpaired) electrons. The number of hydrogen-bond acceptors (Lipinski definition) is 5. The molecule has 6 heteroatoms. The van der Waals surface area contributed by atoms with Crippen LogP contribution in [-0.4, -0.2) is 80.1 Å². The molecule has 2 saturated heterocycles. The van der Waals surface area contributed by atoms with Crippen molar-refractivity contribution in [1.82, 2.24) is 20.1 Å². The molecule has 6 nitrogen and oxygen atoms in total. The molecule has 0 atom stereocenters. The molecule has 0 unspecified atom stereocenters. The van der Waals surface area contributed by atoms with Crippen molar-refractivity contribution in [2.75, 3.05) is 58.3 Å². The number of anilines is 1. The van der Waals surface area contributed by atoms with Crippen LogP contribution in [0, 0.1) is 0 Å². The fourth-order valence-electron chi connectivity index (χ4n) is 2.81. The van der Waals surface area contributed by atoms with Gasteiger partial charge in [0.15, 0.2) is 0 Å². The first-order valence-corrected chi connectivity index (χ1v) is 7.52. The first-order chi connectivity index (χ1) is 10.1. The quantitative estimate of drug-likeness (QED) is 0.840. The normalized spacial score (nSPS) is 20.2. The lowest BCUT2D eigenvalue weighted by Crippen LogP contribution is -2.61. The molecule has 1 aromatic rings. The van der Waals surface area contributed by atoms with E-state index in [1.165, 1.54) is 0 Å². The second-order valence-corrected chi connectivity index (χ2v) is 5.94. The minimum absolute atomic E-state index is 0.00338. The van der Waals surface area contributed by atoms with Gasteiger partial charge in [-0.2, -0.15) is 0 Å². The molecule has 114 valence electrons. The van der Waals surface area contributed by atoms with Gasteiger partial charge in [0.2, 0.25) is 0 Å². The molecule has 0 saturated carbocycles. The van der Waals surface area contributed by atoms with Crippen LogP contribution in [0.25, 0.3) is 0 Å². The Labute approximate surface area is 125 Å². The second kappa shape index (κ2) is 5.99. The van der Waals surface area contributed by atoms with Gasteiger partial charge in [-0.15, -0.1) is 0 Å². The summed E-state index contributed by atoms with van der Waals surface area (Å²) < 4.78 is 0. The standard InChI is InChI=1S/C15H23N5O/c1-18(2)15(21)12-3-4-14(17-9-12)20-7-5-19(6-8-20)13-10-16-11-13/h3-4,9,13,16H,5-8,10-11H2,1-2H3. The average Bonchev–Trinajstić information content (AvgIpc) is 2.46. The van der Waals surface area contributed by atoms with Crippen molar-refractivity contribution in [2.45, 2.75) is 6.04 Å². The molecule has 1 aromatic heterocycles. The molecule has 2 aliphatic rings. The summed E-state index contributed by atoms with van der Waals surface area (Å²) in [7, 11) is 3.51. The summed E-state index contributed by atoms with van der Waals surface area (Å²) in [5.74, 6) is 0.966. The van der Waals surface area contributed by atoms with Gasteiger partial charge in [-0.3, -0.25) is 9.69 Å². The Kier molecular flexibility index (Phi) is 4.07. The van der Waals surface area contributed by atoms with Crippen LogP contribution in [0.1, 0.15) is 10.4 Å². The van der Waals surface area contributed by atoms with Crippen LogP contribution in [0.4, 0.5) is 5.82 Å². The van der Waals surface area contributed by atoms with Crippen LogP contribution < -0.4 is 10.2 Å². The van der Waals surface area contributed by atoms with Gasteiger partial charge >= 0.3 is 0 Å². The summed E-state index contributed by atoms with van der Waals surface area (Å²) in [6, 6.07) is 4.55. The van der Waals surface area contributed by atoms with E-state index in [2.05, 4.69) is 20.1 Å². The Balaban J connectivity index is 1.59. The van der Waals surface area contributed by atoms with Gasteiger partial charge in [-0.1, -0.05) is 0 Å². The monoisotopic (exact) mass is 289 g/mol. The van der Waals surface area contributed by atoms with Crippen molar-refractivity contribution in [3.05, 3.63) is 23.9 Å². The average molecular weight is 289 g/mol. The molecule has 1 amide bonds. The summed E-state index contributed by atoms with van der Waals surface area (Å²) in [5.41, 5.74) is 0.642. The maximum atomic E-state index is 11.8. The maximum Gasteiger partial charge on any atom is 0.254 e. The van der Waals surface area contributed by atoms with E-state index in [4.69, 9.17) is 0 Å². The van der Waals surface area contributed by atoms with E-state index in [0.29, 0.717) is 5.56 Å². The largest absolute Gasteiger partial charge is 0.354 e. The molecule has 21 heavy (non-hydrogen) atoms. The van der Waals surface area contributed by atoms with Crippen LogP contribution >= 0.6 is 0 Å². The molecule has 0 bridgehead atoms. The van der Waals surface area contributed by atoms with Gasteiger partial charge in [-0.25, -0.2) is 4.98 Å². The molecular formula is C15H23N5O. The summed E-state index contributed by atoms with van der Waals surface area (Å²) in [6.45, 7) is 6.44. The van der Waals surface area contributed by atoms with E-state index < -0.39 is 0 Å². The first-order valence-electron chi connectivity index (χ1n) is 7.52. The molecule has 3 heterocycles. The smallest absolute Gasteiger partial charge is 0.254 e. The third kappa shape index (κ3) is 3.01. The predicted octanol–water partition coefficient (Wildman–Crippen LogP) is -0.123. The van der Waals surface area contributed by atoms with Crippen LogP contribution in [-0.2, 0) is 0 Å². The van der Waals surface area contributed by atoms with Gasteiger partial charge in [0.1, 0.15) is 5.82 Å². The van der Waals surface area contributed by atoms with Crippen LogP contribution in [0.15, 0.2) is 18.3 Å². The van der Waals surface area contributed by atoms with Gasteiger partial charge in [0, 0.05) is 65.6 Å². The third-order valence-corrected chi connectivity index (χ3v) is 4.32. The topological polar surface area (TPSA) is 51.7 Å². The maximum absolute atomic E-state index is 11.8. The SMILES string of the molecule is CN(C)C(=O)c1ccc(N2CCN(C3CNC3)CC2)nc1. The Morgan fingerprint density at radius 2 is 1.95 bits per heavy atom. The molecule has 0 aromatic carbocycles. The van der Waals surface area contributed by atoms with E-state index in [9.17, 15) is 4.79 Å². The Morgan fingerprint density at radius 1 is 1.24 bits per heavy atom. The Morgan fingerprint density at radius 3 is 2.43 bits per heavy atom. The van der Waals surface area contributed by atoms with E-state index in [0.717, 1.165) is 51.1 Å². The zero-order valence-corrected chi connectivity index (χ0v) is 12.7. The lowest BCUT2D eigenvalue weighted by Gasteiger charge is -2.43. The number of pyridine rings is 1. The number of amides is 1. The number of nitrogens with zero attached hydrogens (tertiary/aromatic N) is 4. The fraction of sp³-hybridized carbons (Fsp3) is 0.600. The van der Waals surface area contributed by atoms with E-state index in [1.807, 2.05) is 12.1 Å². The predicted molar refractivity (Wildman–Crippen MR) is 82.7 cm³/mol. The number of rotatable bonds is 3.